The Hall–Kier alpha value is -1.11. The molecule has 62 valence electrons. The Labute approximate surface area is 63.7 Å². The van der Waals surface area contributed by atoms with Crippen LogP contribution in [0.5, 0.6) is 0 Å². The van der Waals surface area contributed by atoms with E-state index in [0.717, 1.165) is 0 Å². The second kappa shape index (κ2) is 2.50. The Morgan fingerprint density at radius 1 is 1.09 bits per heavy atom. The number of methoxy groups -OCH3 is 2. The Morgan fingerprint density at radius 3 is 1.73 bits per heavy atom. The standard InChI is InChI=1S/C4H6N2O4S/c1-9-3-4(10-2)6-11(7,8)5-3/h1-2H3. The van der Waals surface area contributed by atoms with E-state index < -0.39 is 10.2 Å². The molecular formula is C4H6N2O4S. The second-order valence-electron chi connectivity index (χ2n) is 1.65. The lowest BCUT2D eigenvalue weighted by molar-refractivity contribution is 0.371. The monoisotopic (exact) mass is 178 g/mol. The zero-order chi connectivity index (χ0) is 8.48. The van der Waals surface area contributed by atoms with Gasteiger partial charge in [-0.15, -0.1) is 8.80 Å². The van der Waals surface area contributed by atoms with Crippen LogP contribution in [0.2, 0.25) is 0 Å². The maximum Gasteiger partial charge on any atom is 0.370 e. The van der Waals surface area contributed by atoms with Crippen molar-refractivity contribution >= 4 is 22.0 Å². The van der Waals surface area contributed by atoms with Gasteiger partial charge in [-0.1, -0.05) is 0 Å². The summed E-state index contributed by atoms with van der Waals surface area (Å²) in [6, 6.07) is 0. The van der Waals surface area contributed by atoms with Gasteiger partial charge in [-0.3, -0.25) is 0 Å². The second-order valence-corrected chi connectivity index (χ2v) is 2.91. The van der Waals surface area contributed by atoms with E-state index in [1.54, 1.807) is 0 Å². The molecule has 0 aromatic heterocycles. The zero-order valence-corrected chi connectivity index (χ0v) is 6.75. The predicted molar refractivity (Wildman–Crippen MR) is 37.8 cm³/mol. The van der Waals surface area contributed by atoms with Crippen LogP contribution in [0.3, 0.4) is 0 Å². The molecule has 6 nitrogen and oxygen atoms in total. The lowest BCUT2D eigenvalue weighted by Crippen LogP contribution is -2.14. The van der Waals surface area contributed by atoms with Gasteiger partial charge in [-0.25, -0.2) is 0 Å². The Kier molecular flexibility index (Phi) is 1.81. The topological polar surface area (TPSA) is 77.3 Å². The quantitative estimate of drug-likeness (QED) is 0.493. The van der Waals surface area contributed by atoms with Crippen molar-refractivity contribution in [3.63, 3.8) is 0 Å². The molecule has 0 radical (unpaired) electrons. The number of ether oxygens (including phenoxy) is 2. The summed E-state index contributed by atoms with van der Waals surface area (Å²) in [6.07, 6.45) is 0. The highest BCUT2D eigenvalue weighted by molar-refractivity contribution is 7.89. The molecule has 0 aromatic carbocycles. The van der Waals surface area contributed by atoms with Crippen molar-refractivity contribution in [2.45, 2.75) is 0 Å². The molecule has 0 fully saturated rings. The minimum absolute atomic E-state index is 0.118. The van der Waals surface area contributed by atoms with Crippen molar-refractivity contribution in [2.75, 3.05) is 14.2 Å². The molecule has 1 aliphatic rings. The first kappa shape index (κ1) is 7.99. The van der Waals surface area contributed by atoms with Crippen molar-refractivity contribution in [1.29, 1.82) is 0 Å². The van der Waals surface area contributed by atoms with Gasteiger partial charge in [0.2, 0.25) is 0 Å². The lowest BCUT2D eigenvalue weighted by Gasteiger charge is -1.97. The average molecular weight is 178 g/mol. The number of rotatable bonds is 0. The molecule has 0 amide bonds. The minimum atomic E-state index is -3.74. The van der Waals surface area contributed by atoms with Crippen LogP contribution >= 0.6 is 0 Å². The molecule has 0 unspecified atom stereocenters. The summed E-state index contributed by atoms with van der Waals surface area (Å²) >= 11 is 0. The maximum absolute atomic E-state index is 10.6. The van der Waals surface area contributed by atoms with Crippen LogP contribution in [0.4, 0.5) is 0 Å². The average Bonchev–Trinajstić information content (AvgIpc) is 2.25. The first-order valence-corrected chi connectivity index (χ1v) is 4.02. The molecule has 0 N–H and O–H groups in total. The molecule has 7 heteroatoms. The summed E-state index contributed by atoms with van der Waals surface area (Å²) in [5.41, 5.74) is 0. The fourth-order valence-corrected chi connectivity index (χ4v) is 1.32. The van der Waals surface area contributed by atoms with Crippen LogP contribution in [0.25, 0.3) is 0 Å². The molecular weight excluding hydrogens is 172 g/mol. The van der Waals surface area contributed by atoms with Crippen molar-refractivity contribution in [2.24, 2.45) is 8.80 Å². The summed E-state index contributed by atoms with van der Waals surface area (Å²) in [5.74, 6) is -0.236. The van der Waals surface area contributed by atoms with Crippen molar-refractivity contribution in [3.8, 4) is 0 Å². The summed E-state index contributed by atoms with van der Waals surface area (Å²) < 4.78 is 36.7. The largest absolute Gasteiger partial charge is 0.477 e. The SMILES string of the molecule is COC1=NS(=O)(=O)N=C1OC. The summed E-state index contributed by atoms with van der Waals surface area (Å²) in [7, 11) is -1.17. The van der Waals surface area contributed by atoms with Gasteiger partial charge in [-0.2, -0.15) is 8.42 Å². The predicted octanol–water partition coefficient (Wildman–Crippen LogP) is -0.665. The third-order valence-corrected chi connectivity index (χ3v) is 1.76. The van der Waals surface area contributed by atoms with Gasteiger partial charge in [-0.05, 0) is 0 Å². The van der Waals surface area contributed by atoms with Crippen LogP contribution in [0, 0.1) is 0 Å². The highest BCUT2D eigenvalue weighted by atomic mass is 32.2. The van der Waals surface area contributed by atoms with Gasteiger partial charge in [0.05, 0.1) is 14.2 Å². The molecule has 0 aromatic rings. The van der Waals surface area contributed by atoms with Crippen molar-refractivity contribution < 1.29 is 17.9 Å². The Balaban J connectivity index is 3.09. The third-order valence-electron chi connectivity index (χ3n) is 0.966. The van der Waals surface area contributed by atoms with Crippen molar-refractivity contribution in [3.05, 3.63) is 0 Å². The molecule has 0 saturated heterocycles. The summed E-state index contributed by atoms with van der Waals surface area (Å²) in [6.45, 7) is 0. The number of hydrogen-bond acceptors (Lipinski definition) is 4. The molecule has 1 rings (SSSR count). The van der Waals surface area contributed by atoms with E-state index in [9.17, 15) is 8.42 Å². The Morgan fingerprint density at radius 2 is 1.45 bits per heavy atom. The van der Waals surface area contributed by atoms with Crippen molar-refractivity contribution in [1.82, 2.24) is 0 Å². The molecule has 0 aliphatic carbocycles. The van der Waals surface area contributed by atoms with Crippen LogP contribution in [-0.4, -0.2) is 34.4 Å². The van der Waals surface area contributed by atoms with Crippen LogP contribution in [0.1, 0.15) is 0 Å². The minimum Gasteiger partial charge on any atom is -0.477 e. The van der Waals surface area contributed by atoms with Crippen LogP contribution in [0.15, 0.2) is 8.80 Å². The molecule has 1 heterocycles. The molecule has 11 heavy (non-hydrogen) atoms. The van der Waals surface area contributed by atoms with Gasteiger partial charge in [0.25, 0.3) is 11.8 Å². The van der Waals surface area contributed by atoms with Crippen LogP contribution in [-0.2, 0) is 19.7 Å². The van der Waals surface area contributed by atoms with E-state index in [-0.39, 0.29) is 11.8 Å². The van der Waals surface area contributed by atoms with E-state index in [1.807, 2.05) is 0 Å². The fourth-order valence-electron chi connectivity index (χ4n) is 0.557. The highest BCUT2D eigenvalue weighted by Crippen LogP contribution is 2.07. The van der Waals surface area contributed by atoms with Gasteiger partial charge < -0.3 is 9.47 Å². The van der Waals surface area contributed by atoms with Crippen LogP contribution < -0.4 is 0 Å². The first-order valence-electron chi connectivity index (χ1n) is 2.62. The third kappa shape index (κ3) is 1.48. The molecule has 0 atom stereocenters. The normalized spacial score (nSPS) is 20.5. The Bertz CT molecular complexity index is 289. The van der Waals surface area contributed by atoms with Gasteiger partial charge in [0.1, 0.15) is 0 Å². The first-order chi connectivity index (χ1) is 5.09. The smallest absolute Gasteiger partial charge is 0.370 e. The maximum atomic E-state index is 10.6. The summed E-state index contributed by atoms with van der Waals surface area (Å²) in [4.78, 5) is 0. The summed E-state index contributed by atoms with van der Waals surface area (Å²) in [5, 5.41) is 0. The lowest BCUT2D eigenvalue weighted by atomic mass is 10.6. The zero-order valence-electron chi connectivity index (χ0n) is 5.94. The van der Waals surface area contributed by atoms with E-state index in [2.05, 4.69) is 18.3 Å². The molecule has 0 saturated carbocycles. The molecule has 0 spiro atoms. The fraction of sp³-hybridized carbons (Fsp3) is 0.500. The highest BCUT2D eigenvalue weighted by Gasteiger charge is 2.25. The van der Waals surface area contributed by atoms with E-state index in [4.69, 9.17) is 0 Å². The molecule has 1 aliphatic heterocycles. The van der Waals surface area contributed by atoms with E-state index >= 15 is 0 Å². The molecule has 0 bridgehead atoms. The van der Waals surface area contributed by atoms with E-state index in [1.165, 1.54) is 14.2 Å². The number of hydrogen-bond donors (Lipinski definition) is 0. The van der Waals surface area contributed by atoms with Gasteiger partial charge in [0, 0.05) is 0 Å². The number of nitrogens with zero attached hydrogens (tertiary/aromatic N) is 2. The van der Waals surface area contributed by atoms with E-state index in [0.29, 0.717) is 0 Å². The van der Waals surface area contributed by atoms with Gasteiger partial charge >= 0.3 is 10.2 Å². The van der Waals surface area contributed by atoms with Gasteiger partial charge in [0.15, 0.2) is 0 Å².